The number of benzene rings is 2. The van der Waals surface area contributed by atoms with E-state index in [2.05, 4.69) is 10.6 Å². The van der Waals surface area contributed by atoms with Crippen molar-refractivity contribution in [3.63, 3.8) is 0 Å². The summed E-state index contributed by atoms with van der Waals surface area (Å²) in [5, 5.41) is 6.66. The van der Waals surface area contributed by atoms with Gasteiger partial charge in [0.05, 0.1) is 37.8 Å². The van der Waals surface area contributed by atoms with E-state index in [1.807, 2.05) is 48.2 Å². The highest BCUT2D eigenvalue weighted by Crippen LogP contribution is 2.49. The summed E-state index contributed by atoms with van der Waals surface area (Å²) in [6.07, 6.45) is 3.53. The van der Waals surface area contributed by atoms with Crippen molar-refractivity contribution < 1.29 is 19.1 Å². The number of piperidine rings is 2. The van der Waals surface area contributed by atoms with Gasteiger partial charge in [0.2, 0.25) is 5.91 Å². The Balaban J connectivity index is 1.50. The molecule has 0 aliphatic carbocycles. The van der Waals surface area contributed by atoms with Gasteiger partial charge in [0.15, 0.2) is 11.5 Å². The zero-order valence-corrected chi connectivity index (χ0v) is 20.1. The SMILES string of the molecule is COc1c(C(=O)N[C@H](C)c2ccccc2)cc2c(c1OC)[C@@H]1C[C@H]3NCCC[C@H]3C(=O)N1CC2. The van der Waals surface area contributed by atoms with Crippen LogP contribution in [0.3, 0.4) is 0 Å². The molecule has 3 heterocycles. The van der Waals surface area contributed by atoms with Crippen LogP contribution in [0.15, 0.2) is 36.4 Å². The van der Waals surface area contributed by atoms with Gasteiger partial charge in [-0.25, -0.2) is 0 Å². The Kier molecular flexibility index (Phi) is 6.21. The Morgan fingerprint density at radius 2 is 1.94 bits per heavy atom. The first-order valence-electron chi connectivity index (χ1n) is 12.2. The van der Waals surface area contributed by atoms with Crippen LogP contribution < -0.4 is 20.1 Å². The molecule has 0 bridgehead atoms. The van der Waals surface area contributed by atoms with Crippen LogP contribution in [0.1, 0.15) is 65.3 Å². The zero-order chi connectivity index (χ0) is 23.8. The van der Waals surface area contributed by atoms with E-state index in [-0.39, 0.29) is 35.9 Å². The summed E-state index contributed by atoms with van der Waals surface area (Å²) in [4.78, 5) is 28.7. The van der Waals surface area contributed by atoms with Crippen molar-refractivity contribution in [2.24, 2.45) is 5.92 Å². The van der Waals surface area contributed by atoms with E-state index in [9.17, 15) is 9.59 Å². The normalized spacial score (nSPS) is 24.4. The van der Waals surface area contributed by atoms with Gasteiger partial charge >= 0.3 is 0 Å². The number of fused-ring (bicyclic) bond motifs is 4. The quantitative estimate of drug-likeness (QED) is 0.711. The first-order valence-corrected chi connectivity index (χ1v) is 12.2. The zero-order valence-electron chi connectivity index (χ0n) is 20.1. The lowest BCUT2D eigenvalue weighted by Crippen LogP contribution is -2.57. The molecule has 2 fully saturated rings. The van der Waals surface area contributed by atoms with Gasteiger partial charge in [-0.05, 0) is 56.3 Å². The van der Waals surface area contributed by atoms with Crippen LogP contribution in [-0.2, 0) is 11.2 Å². The molecule has 4 atom stereocenters. The second kappa shape index (κ2) is 9.29. The molecule has 3 aliphatic rings. The number of methoxy groups -OCH3 is 2. The molecule has 2 aromatic rings. The van der Waals surface area contributed by atoms with E-state index >= 15 is 0 Å². The van der Waals surface area contributed by atoms with Crippen molar-refractivity contribution in [1.82, 2.24) is 15.5 Å². The number of carbonyl (C=O) groups is 2. The van der Waals surface area contributed by atoms with Gasteiger partial charge in [0.25, 0.3) is 5.91 Å². The lowest BCUT2D eigenvalue weighted by atomic mass is 9.76. The van der Waals surface area contributed by atoms with Crippen LogP contribution in [0.5, 0.6) is 11.5 Å². The number of carbonyl (C=O) groups excluding carboxylic acids is 2. The number of nitrogens with one attached hydrogen (secondary N) is 2. The van der Waals surface area contributed by atoms with Crippen molar-refractivity contribution in [3.8, 4) is 11.5 Å². The summed E-state index contributed by atoms with van der Waals surface area (Å²) in [7, 11) is 3.17. The average Bonchev–Trinajstić information content (AvgIpc) is 2.87. The predicted molar refractivity (Wildman–Crippen MR) is 129 cm³/mol. The van der Waals surface area contributed by atoms with Crippen LogP contribution in [-0.4, -0.2) is 50.1 Å². The van der Waals surface area contributed by atoms with E-state index in [0.717, 1.165) is 42.5 Å². The molecule has 0 unspecified atom stereocenters. The van der Waals surface area contributed by atoms with E-state index < -0.39 is 0 Å². The van der Waals surface area contributed by atoms with Crippen molar-refractivity contribution in [1.29, 1.82) is 0 Å². The van der Waals surface area contributed by atoms with Crippen LogP contribution in [0, 0.1) is 5.92 Å². The van der Waals surface area contributed by atoms with Crippen LogP contribution in [0.25, 0.3) is 0 Å². The van der Waals surface area contributed by atoms with Crippen molar-refractivity contribution in [3.05, 3.63) is 58.7 Å². The van der Waals surface area contributed by atoms with Gasteiger partial charge in [-0.15, -0.1) is 0 Å². The monoisotopic (exact) mass is 463 g/mol. The fourth-order valence-corrected chi connectivity index (χ4v) is 5.96. The molecule has 0 aromatic heterocycles. The third-order valence-corrected chi connectivity index (χ3v) is 7.65. The molecule has 180 valence electrons. The topological polar surface area (TPSA) is 79.9 Å². The summed E-state index contributed by atoms with van der Waals surface area (Å²) in [6, 6.07) is 11.8. The molecule has 2 N–H and O–H groups in total. The number of amides is 2. The minimum atomic E-state index is -0.203. The summed E-state index contributed by atoms with van der Waals surface area (Å²) in [5.74, 6) is 1.08. The van der Waals surface area contributed by atoms with Gasteiger partial charge in [0, 0.05) is 18.2 Å². The van der Waals surface area contributed by atoms with Gasteiger partial charge < -0.3 is 25.0 Å². The maximum Gasteiger partial charge on any atom is 0.255 e. The molecule has 7 nitrogen and oxygen atoms in total. The molecule has 5 rings (SSSR count). The third kappa shape index (κ3) is 3.82. The van der Waals surface area contributed by atoms with Gasteiger partial charge in [-0.2, -0.15) is 0 Å². The molecule has 2 saturated heterocycles. The number of hydrogen-bond acceptors (Lipinski definition) is 5. The third-order valence-electron chi connectivity index (χ3n) is 7.65. The Labute approximate surface area is 200 Å². The molecule has 0 saturated carbocycles. The minimum absolute atomic E-state index is 0.0592. The lowest BCUT2D eigenvalue weighted by molar-refractivity contribution is -0.145. The maximum absolute atomic E-state index is 13.4. The fraction of sp³-hybridized carbons (Fsp3) is 0.481. The maximum atomic E-state index is 13.4. The highest BCUT2D eigenvalue weighted by molar-refractivity contribution is 5.99. The molecular formula is C27H33N3O4. The molecule has 3 aliphatic heterocycles. The second-order valence-corrected chi connectivity index (χ2v) is 9.51. The van der Waals surface area contributed by atoms with Crippen molar-refractivity contribution in [2.45, 2.75) is 50.7 Å². The number of ether oxygens (including phenoxy) is 2. The molecule has 34 heavy (non-hydrogen) atoms. The number of nitrogens with zero attached hydrogens (tertiary/aromatic N) is 1. The molecule has 0 radical (unpaired) electrons. The average molecular weight is 464 g/mol. The molecule has 2 aromatic carbocycles. The minimum Gasteiger partial charge on any atom is -0.492 e. The fourth-order valence-electron chi connectivity index (χ4n) is 5.96. The smallest absolute Gasteiger partial charge is 0.255 e. The Bertz CT molecular complexity index is 1090. The van der Waals surface area contributed by atoms with E-state index in [4.69, 9.17) is 9.47 Å². The largest absolute Gasteiger partial charge is 0.492 e. The first kappa shape index (κ1) is 22.7. The van der Waals surface area contributed by atoms with E-state index in [0.29, 0.717) is 30.0 Å². The summed E-state index contributed by atoms with van der Waals surface area (Å²) >= 11 is 0. The summed E-state index contributed by atoms with van der Waals surface area (Å²) < 4.78 is 11.6. The molecule has 2 amide bonds. The second-order valence-electron chi connectivity index (χ2n) is 9.51. The number of rotatable bonds is 5. The Morgan fingerprint density at radius 3 is 2.68 bits per heavy atom. The predicted octanol–water partition coefficient (Wildman–Crippen LogP) is 3.39. The Hall–Kier alpha value is -3.06. The Morgan fingerprint density at radius 1 is 1.18 bits per heavy atom. The number of hydrogen-bond donors (Lipinski definition) is 2. The highest BCUT2D eigenvalue weighted by Gasteiger charge is 2.46. The standard InChI is InChI=1S/C27H33N3O4/c1-16(17-8-5-4-6-9-17)29-26(31)20-14-18-11-13-30-22(23(18)25(34-3)24(20)33-2)15-21-19(27(30)32)10-7-12-28-21/h4-6,8-9,14,16,19,21-22,28H,7,10-13,15H2,1-3H3,(H,29,31)/t16-,19-,21-,22+/m1/s1. The van der Waals surface area contributed by atoms with Crippen LogP contribution >= 0.6 is 0 Å². The summed E-state index contributed by atoms with van der Waals surface area (Å²) in [5.41, 5.74) is 3.53. The summed E-state index contributed by atoms with van der Waals surface area (Å²) in [6.45, 7) is 3.58. The van der Waals surface area contributed by atoms with Gasteiger partial charge in [0.1, 0.15) is 0 Å². The lowest BCUT2D eigenvalue weighted by Gasteiger charge is -2.48. The van der Waals surface area contributed by atoms with Crippen molar-refractivity contribution >= 4 is 11.8 Å². The van der Waals surface area contributed by atoms with Crippen LogP contribution in [0.4, 0.5) is 0 Å². The molecule has 0 spiro atoms. The van der Waals surface area contributed by atoms with E-state index in [1.54, 1.807) is 14.2 Å². The highest BCUT2D eigenvalue weighted by atomic mass is 16.5. The van der Waals surface area contributed by atoms with E-state index in [1.165, 1.54) is 0 Å². The van der Waals surface area contributed by atoms with Crippen LogP contribution in [0.2, 0.25) is 0 Å². The molecule has 7 heteroatoms. The molecular weight excluding hydrogens is 430 g/mol. The first-order chi connectivity index (χ1) is 16.5. The van der Waals surface area contributed by atoms with Crippen molar-refractivity contribution in [2.75, 3.05) is 27.3 Å². The van der Waals surface area contributed by atoms with Gasteiger partial charge in [-0.1, -0.05) is 30.3 Å². The van der Waals surface area contributed by atoms with Gasteiger partial charge in [-0.3, -0.25) is 9.59 Å².